The Balaban J connectivity index is 2.25. The van der Waals surface area contributed by atoms with Gasteiger partial charge >= 0.3 is 0 Å². The number of hydrogen-bond donors (Lipinski definition) is 1. The molecule has 0 bridgehead atoms. The molecule has 1 saturated carbocycles. The van der Waals surface area contributed by atoms with Crippen LogP contribution in [0.5, 0.6) is 0 Å². The minimum absolute atomic E-state index is 0.118. The van der Waals surface area contributed by atoms with Crippen molar-refractivity contribution in [1.29, 1.82) is 0 Å². The number of rotatable bonds is 5. The van der Waals surface area contributed by atoms with Crippen molar-refractivity contribution in [1.82, 2.24) is 14.7 Å². The quantitative estimate of drug-likeness (QED) is 0.902. The third-order valence-corrected chi connectivity index (χ3v) is 4.64. The molecular weight excluding hydrogens is 264 g/mol. The molecule has 0 saturated heterocycles. The van der Waals surface area contributed by atoms with E-state index in [1.807, 2.05) is 25.1 Å². The van der Waals surface area contributed by atoms with E-state index in [2.05, 4.69) is 12.0 Å². The Morgan fingerprint density at radius 2 is 2.14 bits per heavy atom. The van der Waals surface area contributed by atoms with Gasteiger partial charge in [0.05, 0.1) is 11.3 Å². The van der Waals surface area contributed by atoms with Gasteiger partial charge in [-0.25, -0.2) is 0 Å². The average Bonchev–Trinajstić information content (AvgIpc) is 2.89. The van der Waals surface area contributed by atoms with Crippen LogP contribution in [0.4, 0.5) is 0 Å². The Labute approximate surface area is 127 Å². The minimum Gasteiger partial charge on any atom is -0.336 e. The lowest BCUT2D eigenvalue weighted by Crippen LogP contribution is -2.48. The number of aromatic nitrogens is 2. The van der Waals surface area contributed by atoms with E-state index in [1.54, 1.807) is 4.68 Å². The molecule has 2 N–H and O–H groups in total. The zero-order valence-electron chi connectivity index (χ0n) is 13.5. The molecule has 2 unspecified atom stereocenters. The molecule has 0 aliphatic heterocycles. The molecule has 1 fully saturated rings. The first-order valence-electron chi connectivity index (χ1n) is 8.15. The molecule has 0 radical (unpaired) electrons. The van der Waals surface area contributed by atoms with Gasteiger partial charge in [-0.05, 0) is 38.6 Å². The van der Waals surface area contributed by atoms with Gasteiger partial charge in [0.2, 0.25) is 0 Å². The maximum atomic E-state index is 13.0. The van der Waals surface area contributed by atoms with Gasteiger partial charge in [-0.3, -0.25) is 9.48 Å². The topological polar surface area (TPSA) is 64.2 Å². The van der Waals surface area contributed by atoms with E-state index in [-0.39, 0.29) is 11.9 Å². The van der Waals surface area contributed by atoms with Crippen molar-refractivity contribution >= 4 is 5.91 Å². The number of nitrogens with zero attached hydrogens (tertiary/aromatic N) is 3. The van der Waals surface area contributed by atoms with E-state index in [0.717, 1.165) is 37.1 Å². The Morgan fingerprint density at radius 3 is 2.76 bits per heavy atom. The fourth-order valence-electron chi connectivity index (χ4n) is 3.53. The van der Waals surface area contributed by atoms with E-state index in [1.165, 1.54) is 12.8 Å². The van der Waals surface area contributed by atoms with Gasteiger partial charge in [0.25, 0.3) is 5.91 Å². The van der Waals surface area contributed by atoms with E-state index in [0.29, 0.717) is 12.5 Å². The molecule has 5 nitrogen and oxygen atoms in total. The molecule has 1 aliphatic carbocycles. The smallest absolute Gasteiger partial charge is 0.257 e. The van der Waals surface area contributed by atoms with Crippen LogP contribution in [0.3, 0.4) is 0 Å². The van der Waals surface area contributed by atoms with Crippen molar-refractivity contribution < 1.29 is 4.79 Å². The monoisotopic (exact) mass is 292 g/mol. The Hall–Kier alpha value is -1.36. The summed E-state index contributed by atoms with van der Waals surface area (Å²) in [6.07, 6.45) is 7.27. The van der Waals surface area contributed by atoms with Gasteiger partial charge in [-0.2, -0.15) is 5.10 Å². The van der Waals surface area contributed by atoms with Crippen LogP contribution in [0.1, 0.15) is 55.6 Å². The predicted molar refractivity (Wildman–Crippen MR) is 84.1 cm³/mol. The number of amides is 1. The molecule has 2 rings (SSSR count). The zero-order chi connectivity index (χ0) is 15.4. The minimum atomic E-state index is 0.118. The van der Waals surface area contributed by atoms with Crippen LogP contribution in [0.15, 0.2) is 6.20 Å². The largest absolute Gasteiger partial charge is 0.336 e. The fraction of sp³-hybridized carbons (Fsp3) is 0.750. The van der Waals surface area contributed by atoms with Crippen molar-refractivity contribution in [2.24, 2.45) is 18.7 Å². The maximum absolute atomic E-state index is 13.0. The van der Waals surface area contributed by atoms with Gasteiger partial charge in [0.1, 0.15) is 0 Å². The molecule has 118 valence electrons. The van der Waals surface area contributed by atoms with Crippen LogP contribution in [-0.2, 0) is 13.5 Å². The molecule has 5 heteroatoms. The molecule has 1 amide bonds. The highest BCUT2D eigenvalue weighted by Gasteiger charge is 2.32. The molecule has 1 heterocycles. The molecule has 1 aromatic heterocycles. The SMILES string of the molecule is CCc1nn(C)cc1C(=O)N(CC)C1CCCCC1CN. The molecule has 0 aromatic carbocycles. The van der Waals surface area contributed by atoms with Crippen LogP contribution >= 0.6 is 0 Å². The van der Waals surface area contributed by atoms with Gasteiger partial charge < -0.3 is 10.6 Å². The van der Waals surface area contributed by atoms with E-state index < -0.39 is 0 Å². The highest BCUT2D eigenvalue weighted by atomic mass is 16.2. The standard InChI is InChI=1S/C16H28N4O/c1-4-14-13(11-19(3)18-14)16(21)20(5-2)15-9-7-6-8-12(15)10-17/h11-12,15H,4-10,17H2,1-3H3. The second-order valence-electron chi connectivity index (χ2n) is 5.96. The van der Waals surface area contributed by atoms with Crippen molar-refractivity contribution in [3.05, 3.63) is 17.5 Å². The molecule has 1 aliphatic rings. The molecule has 21 heavy (non-hydrogen) atoms. The lowest BCUT2D eigenvalue weighted by atomic mass is 9.83. The summed E-state index contributed by atoms with van der Waals surface area (Å²) in [6, 6.07) is 0.283. The summed E-state index contributed by atoms with van der Waals surface area (Å²) in [4.78, 5) is 15.0. The summed E-state index contributed by atoms with van der Waals surface area (Å²) in [5.41, 5.74) is 7.57. The second-order valence-corrected chi connectivity index (χ2v) is 5.96. The molecule has 1 aromatic rings. The average molecular weight is 292 g/mol. The first-order chi connectivity index (χ1) is 10.1. The number of hydrogen-bond acceptors (Lipinski definition) is 3. The third kappa shape index (κ3) is 3.28. The maximum Gasteiger partial charge on any atom is 0.257 e. The number of nitrogens with two attached hydrogens (primary N) is 1. The van der Waals surface area contributed by atoms with Crippen molar-refractivity contribution in [2.75, 3.05) is 13.1 Å². The van der Waals surface area contributed by atoms with Crippen LogP contribution in [0.2, 0.25) is 0 Å². The summed E-state index contributed by atoms with van der Waals surface area (Å²) in [5.74, 6) is 0.553. The lowest BCUT2D eigenvalue weighted by Gasteiger charge is -2.39. The van der Waals surface area contributed by atoms with E-state index >= 15 is 0 Å². The molecule has 2 atom stereocenters. The first-order valence-corrected chi connectivity index (χ1v) is 8.15. The van der Waals surface area contributed by atoms with Gasteiger partial charge in [0, 0.05) is 25.8 Å². The third-order valence-electron chi connectivity index (χ3n) is 4.64. The summed E-state index contributed by atoms with van der Waals surface area (Å²) in [7, 11) is 1.87. The Kier molecular flexibility index (Phi) is 5.39. The lowest BCUT2D eigenvalue weighted by molar-refractivity contribution is 0.0559. The summed E-state index contributed by atoms with van der Waals surface area (Å²) in [6.45, 7) is 5.50. The van der Waals surface area contributed by atoms with Gasteiger partial charge in [-0.15, -0.1) is 0 Å². The summed E-state index contributed by atoms with van der Waals surface area (Å²) >= 11 is 0. The van der Waals surface area contributed by atoms with Gasteiger partial charge in [0.15, 0.2) is 0 Å². The van der Waals surface area contributed by atoms with Crippen molar-refractivity contribution in [3.8, 4) is 0 Å². The zero-order valence-corrected chi connectivity index (χ0v) is 13.5. The molecular formula is C16H28N4O. The van der Waals surface area contributed by atoms with E-state index in [9.17, 15) is 4.79 Å². The van der Waals surface area contributed by atoms with E-state index in [4.69, 9.17) is 5.73 Å². The van der Waals surface area contributed by atoms with Crippen LogP contribution < -0.4 is 5.73 Å². The number of carbonyl (C=O) groups excluding carboxylic acids is 1. The predicted octanol–water partition coefficient (Wildman–Crippen LogP) is 1.96. The second kappa shape index (κ2) is 7.07. The normalized spacial score (nSPS) is 22.3. The Morgan fingerprint density at radius 1 is 1.43 bits per heavy atom. The first kappa shape index (κ1) is 16.0. The van der Waals surface area contributed by atoms with Crippen molar-refractivity contribution in [3.63, 3.8) is 0 Å². The number of aryl methyl sites for hydroxylation is 2. The number of carbonyl (C=O) groups is 1. The van der Waals surface area contributed by atoms with Crippen LogP contribution in [0.25, 0.3) is 0 Å². The highest BCUT2D eigenvalue weighted by Crippen LogP contribution is 2.29. The summed E-state index contributed by atoms with van der Waals surface area (Å²) in [5, 5.41) is 4.40. The molecule has 0 spiro atoms. The fourth-order valence-corrected chi connectivity index (χ4v) is 3.53. The van der Waals surface area contributed by atoms with Gasteiger partial charge in [-0.1, -0.05) is 19.8 Å². The summed E-state index contributed by atoms with van der Waals surface area (Å²) < 4.78 is 1.74. The van der Waals surface area contributed by atoms with Crippen LogP contribution in [0, 0.1) is 5.92 Å². The Bertz CT molecular complexity index is 483. The van der Waals surface area contributed by atoms with Crippen LogP contribution in [-0.4, -0.2) is 39.7 Å². The van der Waals surface area contributed by atoms with Crippen molar-refractivity contribution in [2.45, 2.75) is 52.0 Å². The highest BCUT2D eigenvalue weighted by molar-refractivity contribution is 5.95.